The summed E-state index contributed by atoms with van der Waals surface area (Å²) < 4.78 is 10.9. The molecule has 1 saturated heterocycles. The molecule has 3 rings (SSSR count). The first-order valence-corrected chi connectivity index (χ1v) is 9.57. The van der Waals surface area contributed by atoms with Gasteiger partial charge in [-0.1, -0.05) is 12.1 Å². The largest absolute Gasteiger partial charge is 0.497 e. The van der Waals surface area contributed by atoms with Crippen molar-refractivity contribution in [3.63, 3.8) is 0 Å². The van der Waals surface area contributed by atoms with E-state index in [1.807, 2.05) is 55.1 Å². The number of thioether (sulfide) groups is 1. The van der Waals surface area contributed by atoms with Gasteiger partial charge in [-0.05, 0) is 49.2 Å². The number of nitrogens with one attached hydrogen (secondary N) is 1. The number of carbonyl (C=O) groups is 1. The second kappa shape index (κ2) is 7.91. The topological polar surface area (TPSA) is 50.8 Å². The minimum atomic E-state index is -0.106. The SMILES string of the molecule is COc1ccc(OC)c([C@H]2SCCN2C(=O)Nc2cccc(C)c2C)c1. The fraction of sp³-hybridized carbons (Fsp3) is 0.350. The van der Waals surface area contributed by atoms with E-state index in [0.29, 0.717) is 6.54 Å². The minimum absolute atomic E-state index is 0.0985. The van der Waals surface area contributed by atoms with E-state index in [1.54, 1.807) is 26.0 Å². The first kappa shape index (κ1) is 18.5. The van der Waals surface area contributed by atoms with Crippen LogP contribution in [0.15, 0.2) is 36.4 Å². The molecule has 1 fully saturated rings. The maximum atomic E-state index is 12.9. The molecule has 1 aliphatic rings. The summed E-state index contributed by atoms with van der Waals surface area (Å²) in [6, 6.07) is 11.5. The normalized spacial score (nSPS) is 16.5. The number of carbonyl (C=O) groups excluding carboxylic acids is 1. The minimum Gasteiger partial charge on any atom is -0.497 e. The summed E-state index contributed by atoms with van der Waals surface area (Å²) in [6.07, 6.45) is 0. The second-order valence-corrected chi connectivity index (χ2v) is 7.39. The molecule has 2 aromatic carbocycles. The second-order valence-electron chi connectivity index (χ2n) is 6.20. The van der Waals surface area contributed by atoms with Gasteiger partial charge in [0.25, 0.3) is 0 Å². The lowest BCUT2D eigenvalue weighted by molar-refractivity contribution is 0.213. The smallest absolute Gasteiger partial charge is 0.323 e. The van der Waals surface area contributed by atoms with Crippen LogP contribution in [0.5, 0.6) is 11.5 Å². The van der Waals surface area contributed by atoms with Crippen LogP contribution in [-0.4, -0.2) is 37.4 Å². The monoisotopic (exact) mass is 372 g/mol. The predicted octanol–water partition coefficient (Wildman–Crippen LogP) is 4.60. The molecule has 1 aliphatic heterocycles. The molecule has 1 N–H and O–H groups in total. The number of benzene rings is 2. The van der Waals surface area contributed by atoms with Crippen LogP contribution in [0.2, 0.25) is 0 Å². The number of urea groups is 1. The Kier molecular flexibility index (Phi) is 5.61. The number of methoxy groups -OCH3 is 2. The van der Waals surface area contributed by atoms with E-state index in [2.05, 4.69) is 5.32 Å². The molecule has 0 spiro atoms. The van der Waals surface area contributed by atoms with Gasteiger partial charge in [0, 0.05) is 23.5 Å². The van der Waals surface area contributed by atoms with Gasteiger partial charge < -0.3 is 19.7 Å². The third kappa shape index (κ3) is 3.60. The van der Waals surface area contributed by atoms with Crippen LogP contribution in [-0.2, 0) is 0 Å². The van der Waals surface area contributed by atoms with Crippen LogP contribution in [0.4, 0.5) is 10.5 Å². The molecule has 0 aliphatic carbocycles. The van der Waals surface area contributed by atoms with Crippen molar-refractivity contribution in [2.45, 2.75) is 19.2 Å². The Morgan fingerprint density at radius 3 is 2.73 bits per heavy atom. The maximum Gasteiger partial charge on any atom is 0.323 e. The Balaban J connectivity index is 1.86. The standard InChI is InChI=1S/C20H24N2O3S/c1-13-6-5-7-17(14(13)2)21-20(23)22-10-11-26-19(22)16-12-15(24-3)8-9-18(16)25-4/h5-9,12,19H,10-11H2,1-4H3,(H,21,23)/t19-/m1/s1. The number of anilines is 1. The van der Waals surface area contributed by atoms with Crippen molar-refractivity contribution in [1.29, 1.82) is 0 Å². The fourth-order valence-corrected chi connectivity index (χ4v) is 4.31. The average molecular weight is 372 g/mol. The van der Waals surface area contributed by atoms with Crippen molar-refractivity contribution >= 4 is 23.5 Å². The molecule has 5 nitrogen and oxygen atoms in total. The molecule has 0 aromatic heterocycles. The maximum absolute atomic E-state index is 12.9. The van der Waals surface area contributed by atoms with Crippen LogP contribution >= 0.6 is 11.8 Å². The number of hydrogen-bond acceptors (Lipinski definition) is 4. The van der Waals surface area contributed by atoms with Crippen LogP contribution in [0.1, 0.15) is 22.1 Å². The molecule has 1 atom stereocenters. The Bertz CT molecular complexity index is 810. The molecule has 2 amide bonds. The van der Waals surface area contributed by atoms with Crippen molar-refractivity contribution in [3.05, 3.63) is 53.1 Å². The zero-order valence-corrected chi connectivity index (χ0v) is 16.4. The van der Waals surface area contributed by atoms with Crippen molar-refractivity contribution < 1.29 is 14.3 Å². The van der Waals surface area contributed by atoms with Crippen LogP contribution in [0, 0.1) is 13.8 Å². The van der Waals surface area contributed by atoms with Gasteiger partial charge in [-0.3, -0.25) is 0 Å². The number of hydrogen-bond donors (Lipinski definition) is 1. The summed E-state index contributed by atoms with van der Waals surface area (Å²) in [5.74, 6) is 2.39. The Labute approximate surface area is 158 Å². The average Bonchev–Trinajstić information content (AvgIpc) is 3.14. The number of aryl methyl sites for hydroxylation is 1. The summed E-state index contributed by atoms with van der Waals surface area (Å²) in [4.78, 5) is 14.8. The van der Waals surface area contributed by atoms with Gasteiger partial charge in [-0.15, -0.1) is 11.8 Å². The fourth-order valence-electron chi connectivity index (χ4n) is 3.04. The first-order valence-electron chi connectivity index (χ1n) is 8.52. The third-order valence-corrected chi connectivity index (χ3v) is 5.94. The molecular formula is C20H24N2O3S. The van der Waals surface area contributed by atoms with Gasteiger partial charge in [0.1, 0.15) is 16.9 Å². The highest BCUT2D eigenvalue weighted by atomic mass is 32.2. The van der Waals surface area contributed by atoms with E-state index in [1.165, 1.54) is 0 Å². The van der Waals surface area contributed by atoms with Gasteiger partial charge in [0.05, 0.1) is 14.2 Å². The molecule has 0 radical (unpaired) electrons. The molecule has 138 valence electrons. The summed E-state index contributed by atoms with van der Waals surface area (Å²) >= 11 is 1.73. The van der Waals surface area contributed by atoms with E-state index in [4.69, 9.17) is 9.47 Å². The third-order valence-electron chi connectivity index (χ3n) is 4.70. The lowest BCUT2D eigenvalue weighted by atomic mass is 10.1. The van der Waals surface area contributed by atoms with Crippen LogP contribution in [0.25, 0.3) is 0 Å². The van der Waals surface area contributed by atoms with Gasteiger partial charge in [-0.2, -0.15) is 0 Å². The zero-order chi connectivity index (χ0) is 18.7. The van der Waals surface area contributed by atoms with Crippen molar-refractivity contribution in [1.82, 2.24) is 4.90 Å². The number of amides is 2. The predicted molar refractivity (Wildman–Crippen MR) is 106 cm³/mol. The van der Waals surface area contributed by atoms with Crippen LogP contribution < -0.4 is 14.8 Å². The highest BCUT2D eigenvalue weighted by Gasteiger charge is 2.33. The molecule has 0 saturated carbocycles. The Hall–Kier alpha value is -2.34. The van der Waals surface area contributed by atoms with Gasteiger partial charge in [0.2, 0.25) is 0 Å². The molecular weight excluding hydrogens is 348 g/mol. The van der Waals surface area contributed by atoms with E-state index in [0.717, 1.165) is 39.6 Å². The lowest BCUT2D eigenvalue weighted by Crippen LogP contribution is -2.34. The summed E-state index contributed by atoms with van der Waals surface area (Å²) in [5, 5.41) is 2.95. The molecule has 26 heavy (non-hydrogen) atoms. The first-order chi connectivity index (χ1) is 12.5. The van der Waals surface area contributed by atoms with Gasteiger partial charge >= 0.3 is 6.03 Å². The van der Waals surface area contributed by atoms with E-state index < -0.39 is 0 Å². The number of nitrogens with zero attached hydrogens (tertiary/aromatic N) is 1. The highest BCUT2D eigenvalue weighted by molar-refractivity contribution is 7.99. The molecule has 0 unspecified atom stereocenters. The molecule has 2 aromatic rings. The number of rotatable bonds is 4. The van der Waals surface area contributed by atoms with Crippen LogP contribution in [0.3, 0.4) is 0 Å². The number of ether oxygens (including phenoxy) is 2. The van der Waals surface area contributed by atoms with E-state index in [-0.39, 0.29) is 11.4 Å². The molecule has 1 heterocycles. The lowest BCUT2D eigenvalue weighted by Gasteiger charge is -2.26. The Morgan fingerprint density at radius 1 is 1.19 bits per heavy atom. The van der Waals surface area contributed by atoms with Crippen molar-refractivity contribution in [2.24, 2.45) is 0 Å². The Morgan fingerprint density at radius 2 is 2.00 bits per heavy atom. The summed E-state index contributed by atoms with van der Waals surface area (Å²) in [5.41, 5.74) is 4.04. The van der Waals surface area contributed by atoms with Gasteiger partial charge in [-0.25, -0.2) is 4.79 Å². The van der Waals surface area contributed by atoms with Gasteiger partial charge in [0.15, 0.2) is 0 Å². The van der Waals surface area contributed by atoms with Crippen molar-refractivity contribution in [2.75, 3.05) is 31.8 Å². The zero-order valence-electron chi connectivity index (χ0n) is 15.5. The highest BCUT2D eigenvalue weighted by Crippen LogP contribution is 2.43. The van der Waals surface area contributed by atoms with E-state index >= 15 is 0 Å². The quantitative estimate of drug-likeness (QED) is 0.852. The summed E-state index contributed by atoms with van der Waals surface area (Å²) in [7, 11) is 3.28. The van der Waals surface area contributed by atoms with E-state index in [9.17, 15) is 4.79 Å². The molecule has 0 bridgehead atoms. The van der Waals surface area contributed by atoms with Crippen molar-refractivity contribution in [3.8, 4) is 11.5 Å². The molecule has 6 heteroatoms. The summed E-state index contributed by atoms with van der Waals surface area (Å²) in [6.45, 7) is 4.75.